The molecule has 1 unspecified atom stereocenters. The average molecular weight is 362 g/mol. The Hall–Kier alpha value is -0.570. The molecule has 3 rings (SSSR count). The van der Waals surface area contributed by atoms with Gasteiger partial charge in [0.1, 0.15) is 16.3 Å². The number of sulfonamides is 1. The van der Waals surface area contributed by atoms with E-state index >= 15 is 0 Å². The Morgan fingerprint density at radius 3 is 3.00 bits per heavy atom. The highest BCUT2D eigenvalue weighted by molar-refractivity contribution is 9.09. The van der Waals surface area contributed by atoms with Gasteiger partial charge in [0.15, 0.2) is 0 Å². The molecule has 0 amide bonds. The lowest BCUT2D eigenvalue weighted by molar-refractivity contribution is 0.466. The molecule has 19 heavy (non-hydrogen) atoms. The lowest BCUT2D eigenvalue weighted by Crippen LogP contribution is -2.29. The summed E-state index contributed by atoms with van der Waals surface area (Å²) in [5.41, 5.74) is 1.12. The minimum absolute atomic E-state index is 0.272. The third-order valence-electron chi connectivity index (χ3n) is 3.33. The lowest BCUT2D eigenvalue weighted by Gasteiger charge is -2.17. The summed E-state index contributed by atoms with van der Waals surface area (Å²) in [6.07, 6.45) is 0.899. The highest BCUT2D eigenvalue weighted by Gasteiger charge is 2.34. The van der Waals surface area contributed by atoms with Gasteiger partial charge in [-0.05, 0) is 24.5 Å². The molecule has 0 aliphatic carbocycles. The molecule has 1 aromatic rings. The molecule has 1 fully saturated rings. The Kier molecular flexibility index (Phi) is 3.59. The van der Waals surface area contributed by atoms with Crippen molar-refractivity contribution in [3.63, 3.8) is 0 Å². The Morgan fingerprint density at radius 1 is 1.42 bits per heavy atom. The van der Waals surface area contributed by atoms with Gasteiger partial charge in [0.25, 0.3) is 0 Å². The predicted octanol–water partition coefficient (Wildman–Crippen LogP) is 2.82. The molecule has 2 aliphatic rings. The van der Waals surface area contributed by atoms with Gasteiger partial charge in [-0.15, -0.1) is 0 Å². The van der Waals surface area contributed by atoms with Gasteiger partial charge in [-0.2, -0.15) is 13.0 Å². The summed E-state index contributed by atoms with van der Waals surface area (Å²) in [5, 5.41) is 0.835. The molecule has 2 heterocycles. The number of benzene rings is 1. The van der Waals surface area contributed by atoms with Gasteiger partial charge >= 0.3 is 0 Å². The first-order valence-corrected chi connectivity index (χ1v) is 9.19. The molecule has 0 bridgehead atoms. The molecule has 0 radical (unpaired) electrons. The molecule has 0 spiro atoms. The first-order chi connectivity index (χ1) is 9.13. The summed E-state index contributed by atoms with van der Waals surface area (Å²) in [4.78, 5) is 0.272. The molecule has 8 heteroatoms. The van der Waals surface area contributed by atoms with E-state index in [1.54, 1.807) is 22.5 Å². The van der Waals surface area contributed by atoms with Crippen LogP contribution >= 0.6 is 15.9 Å². The van der Waals surface area contributed by atoms with Gasteiger partial charge in [-0.25, -0.2) is 8.42 Å². The quantitative estimate of drug-likeness (QED) is 0.789. The van der Waals surface area contributed by atoms with Crippen LogP contribution in [0.2, 0.25) is 0 Å². The molecule has 5 nitrogen and oxygen atoms in total. The zero-order chi connectivity index (χ0) is 13.5. The summed E-state index contributed by atoms with van der Waals surface area (Å²) in [6, 6.07) is 5.11. The normalized spacial score (nSPS) is 22.5. The standard InChI is InChI=1S/C11H12BrN3O2S2/c12-6-8-4-5-15(7-8)19(16,17)10-3-1-2-9-11(10)14-18-13-9/h1-3,8H,4-7H2. The third kappa shape index (κ3) is 2.31. The monoisotopic (exact) mass is 361 g/mol. The van der Waals surface area contributed by atoms with Gasteiger partial charge in [-0.1, -0.05) is 22.0 Å². The maximum absolute atomic E-state index is 12.7. The second-order valence-electron chi connectivity index (χ2n) is 4.56. The van der Waals surface area contributed by atoms with Crippen molar-refractivity contribution in [3.8, 4) is 0 Å². The smallest absolute Gasteiger partial charge is 0.207 e. The van der Waals surface area contributed by atoms with Gasteiger partial charge in [0.2, 0.25) is 10.0 Å². The zero-order valence-electron chi connectivity index (χ0n) is 9.99. The van der Waals surface area contributed by atoms with E-state index in [0.717, 1.165) is 23.1 Å². The van der Waals surface area contributed by atoms with E-state index in [4.69, 9.17) is 0 Å². The number of nitrogens with zero attached hydrogens (tertiary/aromatic N) is 3. The fraction of sp³-hybridized carbons (Fsp3) is 0.455. The van der Waals surface area contributed by atoms with Crippen molar-refractivity contribution in [3.05, 3.63) is 18.2 Å². The third-order valence-corrected chi connectivity index (χ3v) is 6.69. The highest BCUT2D eigenvalue weighted by Crippen LogP contribution is 2.39. The van der Waals surface area contributed by atoms with Crippen molar-refractivity contribution < 1.29 is 8.42 Å². The summed E-state index contributed by atoms with van der Waals surface area (Å²) in [5.74, 6) is 0.391. The molecule has 1 atom stereocenters. The van der Waals surface area contributed by atoms with E-state index in [-0.39, 0.29) is 4.90 Å². The topological polar surface area (TPSA) is 62.1 Å². The van der Waals surface area contributed by atoms with Crippen LogP contribution in [-0.2, 0) is 21.4 Å². The van der Waals surface area contributed by atoms with Crippen LogP contribution < -0.4 is 0 Å². The van der Waals surface area contributed by atoms with Crippen LogP contribution in [0.1, 0.15) is 6.42 Å². The number of alkyl halides is 1. The van der Waals surface area contributed by atoms with Crippen LogP contribution in [0, 0.1) is 5.92 Å². The molecule has 2 aliphatic heterocycles. The highest BCUT2D eigenvalue weighted by atomic mass is 79.9. The largest absolute Gasteiger partial charge is 0.245 e. The van der Waals surface area contributed by atoms with E-state index in [0.29, 0.717) is 30.4 Å². The lowest BCUT2D eigenvalue weighted by atomic mass is 10.2. The predicted molar refractivity (Wildman–Crippen MR) is 78.6 cm³/mol. The van der Waals surface area contributed by atoms with Crippen LogP contribution in [0.5, 0.6) is 0 Å². The van der Waals surface area contributed by atoms with Gasteiger partial charge in [0.05, 0.1) is 11.4 Å². The second kappa shape index (κ2) is 5.08. The van der Waals surface area contributed by atoms with Crippen LogP contribution in [0.3, 0.4) is 0 Å². The molecule has 0 aromatic heterocycles. The zero-order valence-corrected chi connectivity index (χ0v) is 13.2. The number of fused-ring (bicyclic) bond motifs is 1. The van der Waals surface area contributed by atoms with E-state index in [2.05, 4.69) is 24.7 Å². The van der Waals surface area contributed by atoms with Crippen molar-refractivity contribution in [2.75, 3.05) is 18.4 Å². The van der Waals surface area contributed by atoms with Crippen molar-refractivity contribution in [2.45, 2.75) is 11.3 Å². The summed E-state index contributed by atoms with van der Waals surface area (Å²) < 4.78 is 35.1. The molecule has 0 N–H and O–H groups in total. The molecule has 102 valence electrons. The van der Waals surface area contributed by atoms with Crippen molar-refractivity contribution in [1.29, 1.82) is 0 Å². The first kappa shape index (κ1) is 13.4. The summed E-state index contributed by atoms with van der Waals surface area (Å²) >= 11 is 4.46. The second-order valence-corrected chi connectivity index (χ2v) is 7.64. The van der Waals surface area contributed by atoms with Gasteiger partial charge in [0, 0.05) is 18.4 Å². The molecule has 1 aromatic carbocycles. The van der Waals surface area contributed by atoms with E-state index in [9.17, 15) is 8.42 Å². The van der Waals surface area contributed by atoms with Crippen molar-refractivity contribution in [1.82, 2.24) is 4.31 Å². The van der Waals surface area contributed by atoms with Crippen LogP contribution in [0.4, 0.5) is 11.4 Å². The van der Waals surface area contributed by atoms with Gasteiger partial charge in [-0.3, -0.25) is 0 Å². The Bertz CT molecular complexity index is 683. The van der Waals surface area contributed by atoms with E-state index in [1.165, 1.54) is 0 Å². The minimum atomic E-state index is -3.46. The summed E-state index contributed by atoms with van der Waals surface area (Å²) in [7, 11) is -3.46. The number of hydrogen-bond donors (Lipinski definition) is 0. The Balaban J connectivity index is 1.99. The summed E-state index contributed by atoms with van der Waals surface area (Å²) in [6.45, 7) is 1.15. The van der Waals surface area contributed by atoms with E-state index in [1.807, 2.05) is 0 Å². The fourth-order valence-electron chi connectivity index (χ4n) is 2.27. The van der Waals surface area contributed by atoms with Crippen molar-refractivity contribution >= 4 is 48.7 Å². The molecular weight excluding hydrogens is 350 g/mol. The molecular formula is C11H12BrN3O2S2. The van der Waals surface area contributed by atoms with Crippen LogP contribution in [-0.4, -0.2) is 31.1 Å². The Morgan fingerprint density at radius 2 is 2.26 bits per heavy atom. The molecule has 1 saturated heterocycles. The van der Waals surface area contributed by atoms with Crippen LogP contribution in [0.25, 0.3) is 0 Å². The van der Waals surface area contributed by atoms with Gasteiger partial charge < -0.3 is 0 Å². The van der Waals surface area contributed by atoms with Crippen molar-refractivity contribution in [2.24, 2.45) is 14.6 Å². The maximum Gasteiger partial charge on any atom is 0.245 e. The number of halogens is 1. The van der Waals surface area contributed by atoms with E-state index < -0.39 is 10.0 Å². The molecule has 0 saturated carbocycles. The Labute approximate surface area is 124 Å². The minimum Gasteiger partial charge on any atom is -0.207 e. The average Bonchev–Trinajstić information content (AvgIpc) is 3.06. The maximum atomic E-state index is 12.7. The fourth-order valence-corrected chi connectivity index (χ4v) is 5.08. The van der Waals surface area contributed by atoms with Crippen LogP contribution in [0.15, 0.2) is 31.8 Å². The SMILES string of the molecule is O=S(=O)(c1cccc2c1N=S=N2)N1CCC(CBr)C1. The number of hydrogen-bond acceptors (Lipinski definition) is 4. The number of rotatable bonds is 3. The first-order valence-electron chi connectivity index (χ1n) is 5.90.